The Morgan fingerprint density at radius 3 is 2.31 bits per heavy atom. The number of halogens is 2. The van der Waals surface area contributed by atoms with E-state index in [1.54, 1.807) is 36.4 Å². The molecule has 4 rings (SSSR count). The first-order valence-electron chi connectivity index (χ1n) is 10.4. The van der Waals surface area contributed by atoms with Crippen molar-refractivity contribution in [2.45, 2.75) is 6.04 Å². The number of nitrogens with zero attached hydrogens (tertiary/aromatic N) is 1. The first-order valence-corrected chi connectivity index (χ1v) is 10.8. The van der Waals surface area contributed by atoms with Gasteiger partial charge in [-0.15, -0.1) is 0 Å². The van der Waals surface area contributed by atoms with Crippen LogP contribution in [0.5, 0.6) is 17.2 Å². The van der Waals surface area contributed by atoms with E-state index in [2.05, 4.69) is 0 Å². The number of aliphatic hydroxyl groups is 1. The Morgan fingerprint density at radius 1 is 0.943 bits per heavy atom. The second-order valence-corrected chi connectivity index (χ2v) is 7.98. The Kier molecular flexibility index (Phi) is 6.66. The number of hydrogen-bond donors (Lipinski definition) is 1. The predicted octanol–water partition coefficient (Wildman–Crippen LogP) is 5.13. The number of aliphatic hydroxyl groups excluding tert-OH is 1. The van der Waals surface area contributed by atoms with Gasteiger partial charge in [0.05, 0.1) is 43.5 Å². The van der Waals surface area contributed by atoms with E-state index in [0.29, 0.717) is 17.1 Å². The van der Waals surface area contributed by atoms with E-state index in [4.69, 9.17) is 25.8 Å². The lowest BCUT2D eigenvalue weighted by Gasteiger charge is -2.27. The van der Waals surface area contributed by atoms with E-state index in [9.17, 15) is 19.1 Å². The smallest absolute Gasteiger partial charge is 0.300 e. The monoisotopic (exact) mass is 497 g/mol. The topological polar surface area (TPSA) is 85.3 Å². The summed E-state index contributed by atoms with van der Waals surface area (Å²) in [6, 6.07) is 14.0. The average molecular weight is 498 g/mol. The molecule has 1 aliphatic heterocycles. The Hall–Kier alpha value is -4.04. The van der Waals surface area contributed by atoms with Crippen molar-refractivity contribution in [1.82, 2.24) is 0 Å². The minimum absolute atomic E-state index is 0.155. The number of ketones is 1. The maximum absolute atomic E-state index is 13.9. The van der Waals surface area contributed by atoms with Crippen LogP contribution < -0.4 is 19.1 Å². The summed E-state index contributed by atoms with van der Waals surface area (Å²) in [6.45, 7) is 0. The lowest BCUT2D eigenvalue weighted by molar-refractivity contribution is -0.132. The molecule has 1 fully saturated rings. The lowest BCUT2D eigenvalue weighted by Crippen LogP contribution is -2.29. The number of anilines is 1. The molecule has 7 nitrogen and oxygen atoms in total. The second-order valence-electron chi connectivity index (χ2n) is 7.58. The lowest BCUT2D eigenvalue weighted by atomic mass is 9.94. The Balaban J connectivity index is 2.03. The first-order chi connectivity index (χ1) is 16.8. The molecule has 1 unspecified atom stereocenters. The highest BCUT2D eigenvalue weighted by Crippen LogP contribution is 2.46. The number of carbonyl (C=O) groups is 2. The van der Waals surface area contributed by atoms with Crippen LogP contribution in [0.4, 0.5) is 10.1 Å². The largest absolute Gasteiger partial charge is 0.507 e. The third-order valence-electron chi connectivity index (χ3n) is 5.72. The fourth-order valence-electron chi connectivity index (χ4n) is 4.06. The maximum Gasteiger partial charge on any atom is 0.300 e. The minimum Gasteiger partial charge on any atom is -0.507 e. The molecule has 3 aromatic carbocycles. The molecule has 35 heavy (non-hydrogen) atoms. The zero-order valence-corrected chi connectivity index (χ0v) is 19.8. The van der Waals surface area contributed by atoms with Crippen molar-refractivity contribution in [2.75, 3.05) is 26.2 Å². The van der Waals surface area contributed by atoms with Crippen molar-refractivity contribution in [3.8, 4) is 17.2 Å². The van der Waals surface area contributed by atoms with Crippen LogP contribution in [-0.2, 0) is 9.59 Å². The molecule has 0 radical (unpaired) electrons. The highest BCUT2D eigenvalue weighted by molar-refractivity contribution is 6.52. The molecule has 0 spiro atoms. The summed E-state index contributed by atoms with van der Waals surface area (Å²) in [6.07, 6.45) is 0. The summed E-state index contributed by atoms with van der Waals surface area (Å²) < 4.78 is 30.0. The van der Waals surface area contributed by atoms with Gasteiger partial charge < -0.3 is 19.3 Å². The predicted molar refractivity (Wildman–Crippen MR) is 129 cm³/mol. The molecule has 180 valence electrons. The molecule has 0 aliphatic carbocycles. The zero-order valence-electron chi connectivity index (χ0n) is 19.0. The van der Waals surface area contributed by atoms with E-state index < -0.39 is 29.3 Å². The fraction of sp³-hybridized carbons (Fsp3) is 0.154. The number of rotatable bonds is 6. The normalized spacial score (nSPS) is 16.9. The van der Waals surface area contributed by atoms with E-state index in [1.807, 2.05) is 0 Å². The van der Waals surface area contributed by atoms with Crippen molar-refractivity contribution in [3.05, 3.63) is 88.2 Å². The third-order valence-corrected chi connectivity index (χ3v) is 6.01. The molecule has 1 amide bonds. The average Bonchev–Trinajstić information content (AvgIpc) is 3.14. The van der Waals surface area contributed by atoms with Gasteiger partial charge in [-0.2, -0.15) is 0 Å². The molecule has 0 aromatic heterocycles. The molecule has 1 saturated heterocycles. The Labute approximate surface area is 205 Å². The van der Waals surface area contributed by atoms with Gasteiger partial charge in [-0.25, -0.2) is 4.39 Å². The zero-order chi connectivity index (χ0) is 25.3. The van der Waals surface area contributed by atoms with Crippen LogP contribution >= 0.6 is 11.6 Å². The molecule has 0 saturated carbocycles. The van der Waals surface area contributed by atoms with Gasteiger partial charge in [0.25, 0.3) is 11.7 Å². The van der Waals surface area contributed by atoms with Gasteiger partial charge in [-0.1, -0.05) is 29.8 Å². The number of amides is 1. The fourth-order valence-corrected chi connectivity index (χ4v) is 4.24. The van der Waals surface area contributed by atoms with Crippen LogP contribution in [-0.4, -0.2) is 38.1 Å². The standard InChI is InChI=1S/C26H21ClFNO6/c1-33-15-9-11-21(35-3)17(13-15)24(30)22-23(16-6-4-5-7-20(16)34-2)29(26(32)25(22)31)14-8-10-19(28)18(27)12-14/h4-13,23,30H,1-3H3/b24-22+. The van der Waals surface area contributed by atoms with Gasteiger partial charge in [-0.3, -0.25) is 14.5 Å². The number of carbonyl (C=O) groups excluding carboxylic acids is 2. The van der Waals surface area contributed by atoms with Crippen LogP contribution in [0.25, 0.3) is 5.76 Å². The molecule has 1 atom stereocenters. The van der Waals surface area contributed by atoms with Crippen molar-refractivity contribution in [2.24, 2.45) is 0 Å². The molecule has 9 heteroatoms. The van der Waals surface area contributed by atoms with Crippen LogP contribution in [0.1, 0.15) is 17.2 Å². The van der Waals surface area contributed by atoms with Crippen LogP contribution in [0.15, 0.2) is 66.2 Å². The number of ether oxygens (including phenoxy) is 3. The number of benzene rings is 3. The molecule has 1 heterocycles. The summed E-state index contributed by atoms with van der Waals surface area (Å²) in [5.74, 6) is -1.97. The number of Topliss-reactive ketones (excluding diaryl/α,β-unsaturated/α-hetero) is 1. The van der Waals surface area contributed by atoms with E-state index in [-0.39, 0.29) is 27.6 Å². The first kappa shape index (κ1) is 24.1. The SMILES string of the molecule is COc1ccc(OC)c(/C(O)=C2\C(=O)C(=O)N(c3ccc(F)c(Cl)c3)C2c2ccccc2OC)c1. The van der Waals surface area contributed by atoms with Crippen molar-refractivity contribution in [1.29, 1.82) is 0 Å². The molecule has 1 N–H and O–H groups in total. The molecular formula is C26H21ClFNO6. The highest BCUT2D eigenvalue weighted by Gasteiger charge is 2.48. The van der Waals surface area contributed by atoms with E-state index >= 15 is 0 Å². The third kappa shape index (κ3) is 4.17. The van der Waals surface area contributed by atoms with E-state index in [1.165, 1.54) is 39.5 Å². The molecule has 3 aromatic rings. The highest BCUT2D eigenvalue weighted by atomic mass is 35.5. The summed E-state index contributed by atoms with van der Waals surface area (Å²) in [5.41, 5.74) is 0.553. The van der Waals surface area contributed by atoms with Gasteiger partial charge in [-0.05, 0) is 42.5 Å². The van der Waals surface area contributed by atoms with Gasteiger partial charge in [0, 0.05) is 11.3 Å². The van der Waals surface area contributed by atoms with Crippen LogP contribution in [0, 0.1) is 5.82 Å². The quantitative estimate of drug-likeness (QED) is 0.289. The molecular weight excluding hydrogens is 477 g/mol. The molecule has 1 aliphatic rings. The Morgan fingerprint density at radius 2 is 1.66 bits per heavy atom. The number of para-hydroxylation sites is 1. The van der Waals surface area contributed by atoms with E-state index in [0.717, 1.165) is 11.0 Å². The van der Waals surface area contributed by atoms with Gasteiger partial charge in [0.1, 0.15) is 28.8 Å². The summed E-state index contributed by atoms with van der Waals surface area (Å²) >= 11 is 5.98. The van der Waals surface area contributed by atoms with Crippen LogP contribution in [0.2, 0.25) is 5.02 Å². The summed E-state index contributed by atoms with van der Waals surface area (Å²) in [5, 5.41) is 11.2. The maximum atomic E-state index is 13.9. The number of methoxy groups -OCH3 is 3. The summed E-state index contributed by atoms with van der Waals surface area (Å²) in [4.78, 5) is 27.8. The van der Waals surface area contributed by atoms with Crippen LogP contribution in [0.3, 0.4) is 0 Å². The minimum atomic E-state index is -1.11. The van der Waals surface area contributed by atoms with Gasteiger partial charge >= 0.3 is 0 Å². The van der Waals surface area contributed by atoms with Gasteiger partial charge in [0.15, 0.2) is 0 Å². The second kappa shape index (κ2) is 9.68. The van der Waals surface area contributed by atoms with Gasteiger partial charge in [0.2, 0.25) is 0 Å². The summed E-state index contributed by atoms with van der Waals surface area (Å²) in [7, 11) is 4.32. The van der Waals surface area contributed by atoms with Crippen molar-refractivity contribution < 1.29 is 33.3 Å². The van der Waals surface area contributed by atoms with Crippen molar-refractivity contribution in [3.63, 3.8) is 0 Å². The number of hydrogen-bond acceptors (Lipinski definition) is 6. The molecule has 0 bridgehead atoms. The van der Waals surface area contributed by atoms with Crippen molar-refractivity contribution >= 4 is 34.7 Å². The Bertz CT molecular complexity index is 1360.